The van der Waals surface area contributed by atoms with Crippen molar-refractivity contribution < 1.29 is 14.5 Å². The average molecular weight is 546 g/mol. The van der Waals surface area contributed by atoms with Crippen LogP contribution in [0, 0.1) is 17.0 Å². The summed E-state index contributed by atoms with van der Waals surface area (Å²) in [6.45, 7) is 2.37. The molecule has 0 aliphatic heterocycles. The van der Waals surface area contributed by atoms with Crippen LogP contribution in [0.5, 0.6) is 0 Å². The summed E-state index contributed by atoms with van der Waals surface area (Å²) in [5, 5.41) is 14.2. The first-order chi connectivity index (χ1) is 18.9. The highest BCUT2D eigenvalue weighted by molar-refractivity contribution is 7.99. The Balaban J connectivity index is 1.55. The lowest BCUT2D eigenvalue weighted by Crippen LogP contribution is -2.52. The van der Waals surface area contributed by atoms with E-state index in [2.05, 4.69) is 5.32 Å². The molecule has 0 radical (unpaired) electrons. The van der Waals surface area contributed by atoms with Gasteiger partial charge in [0, 0.05) is 36.9 Å². The van der Waals surface area contributed by atoms with Gasteiger partial charge in [-0.15, -0.1) is 11.8 Å². The van der Waals surface area contributed by atoms with E-state index < -0.39 is 11.0 Å². The zero-order valence-corrected chi connectivity index (χ0v) is 23.1. The minimum absolute atomic E-state index is 0.0428. The molecule has 3 aromatic carbocycles. The van der Waals surface area contributed by atoms with Gasteiger partial charge in [0.1, 0.15) is 6.04 Å². The van der Waals surface area contributed by atoms with Gasteiger partial charge in [-0.1, -0.05) is 79.6 Å². The Morgan fingerprint density at radius 2 is 1.64 bits per heavy atom. The van der Waals surface area contributed by atoms with Crippen molar-refractivity contribution in [1.82, 2.24) is 10.2 Å². The number of rotatable bonds is 12. The fraction of sp³-hybridized carbons (Fsp3) is 0.355. The maximum absolute atomic E-state index is 13.8. The molecule has 8 heteroatoms. The first kappa shape index (κ1) is 28.4. The Morgan fingerprint density at radius 3 is 2.31 bits per heavy atom. The van der Waals surface area contributed by atoms with Gasteiger partial charge in [0.25, 0.3) is 5.69 Å². The number of amides is 2. The van der Waals surface area contributed by atoms with Crippen LogP contribution in [0.15, 0.2) is 78.9 Å². The van der Waals surface area contributed by atoms with Crippen molar-refractivity contribution in [2.75, 3.05) is 5.75 Å². The van der Waals surface area contributed by atoms with E-state index in [1.807, 2.05) is 61.5 Å². The molecule has 1 N–H and O–H groups in total. The summed E-state index contributed by atoms with van der Waals surface area (Å²) in [5.74, 6) is 0.533. The molecule has 7 nitrogen and oxygen atoms in total. The largest absolute Gasteiger partial charge is 0.352 e. The van der Waals surface area contributed by atoms with Crippen LogP contribution < -0.4 is 5.32 Å². The molecule has 39 heavy (non-hydrogen) atoms. The van der Waals surface area contributed by atoms with Crippen LogP contribution in [-0.4, -0.2) is 39.5 Å². The van der Waals surface area contributed by atoms with Gasteiger partial charge < -0.3 is 10.2 Å². The van der Waals surface area contributed by atoms with E-state index in [1.165, 1.54) is 23.9 Å². The predicted molar refractivity (Wildman–Crippen MR) is 155 cm³/mol. The summed E-state index contributed by atoms with van der Waals surface area (Å²) >= 11 is 1.45. The van der Waals surface area contributed by atoms with Crippen LogP contribution in [0.3, 0.4) is 0 Å². The lowest BCUT2D eigenvalue weighted by atomic mass is 10.0. The van der Waals surface area contributed by atoms with Gasteiger partial charge in [0.2, 0.25) is 11.8 Å². The molecule has 1 unspecified atom stereocenters. The predicted octanol–water partition coefficient (Wildman–Crippen LogP) is 5.84. The van der Waals surface area contributed by atoms with Gasteiger partial charge in [-0.05, 0) is 42.0 Å². The standard InChI is InChI=1S/C31H35N3O4S/c1-23-9-5-6-12-26(23)20-33(30(35)22-39-21-25-15-17-28(18-16-25)34(37)38)29(19-24-10-3-2-4-11-24)31(36)32-27-13-7-8-14-27/h2-6,9-12,15-18,27,29H,7-8,13-14,19-22H2,1H3,(H,32,36). The molecule has 4 rings (SSSR count). The van der Waals surface area contributed by atoms with E-state index in [0.717, 1.165) is 47.9 Å². The highest BCUT2D eigenvalue weighted by Gasteiger charge is 2.32. The van der Waals surface area contributed by atoms with Crippen LogP contribution >= 0.6 is 11.8 Å². The van der Waals surface area contributed by atoms with E-state index in [0.29, 0.717) is 18.7 Å². The zero-order chi connectivity index (χ0) is 27.6. The summed E-state index contributed by atoms with van der Waals surface area (Å²) < 4.78 is 0. The maximum atomic E-state index is 13.8. The molecule has 0 saturated heterocycles. The number of aryl methyl sites for hydroxylation is 1. The van der Waals surface area contributed by atoms with Crippen molar-refractivity contribution in [3.8, 4) is 0 Å². The smallest absolute Gasteiger partial charge is 0.269 e. The van der Waals surface area contributed by atoms with E-state index in [1.54, 1.807) is 17.0 Å². The number of thioether (sulfide) groups is 1. The Labute approximate surface area is 234 Å². The molecule has 0 aromatic heterocycles. The minimum Gasteiger partial charge on any atom is -0.352 e. The second kappa shape index (κ2) is 13.9. The van der Waals surface area contributed by atoms with Gasteiger partial charge in [-0.25, -0.2) is 0 Å². The van der Waals surface area contributed by atoms with Gasteiger partial charge in [-0.2, -0.15) is 0 Å². The third kappa shape index (κ3) is 8.17. The lowest BCUT2D eigenvalue weighted by Gasteiger charge is -2.32. The highest BCUT2D eigenvalue weighted by Crippen LogP contribution is 2.22. The zero-order valence-electron chi connectivity index (χ0n) is 22.3. The number of nitrogens with zero attached hydrogens (tertiary/aromatic N) is 2. The molecule has 1 aliphatic carbocycles. The van der Waals surface area contributed by atoms with E-state index in [4.69, 9.17) is 0 Å². The SMILES string of the molecule is Cc1ccccc1CN(C(=O)CSCc1ccc([N+](=O)[O-])cc1)C(Cc1ccccc1)C(=O)NC1CCCC1. The number of hydrogen-bond acceptors (Lipinski definition) is 5. The fourth-order valence-electron chi connectivity index (χ4n) is 4.95. The fourth-order valence-corrected chi connectivity index (χ4v) is 5.82. The first-order valence-corrected chi connectivity index (χ1v) is 14.6. The van der Waals surface area contributed by atoms with Crippen LogP contribution in [0.25, 0.3) is 0 Å². The number of hydrogen-bond donors (Lipinski definition) is 1. The van der Waals surface area contributed by atoms with Crippen molar-refractivity contribution in [2.45, 2.75) is 63.4 Å². The molecular formula is C31H35N3O4S. The number of nitro benzene ring substituents is 1. The minimum atomic E-state index is -0.639. The van der Waals surface area contributed by atoms with E-state index in [-0.39, 0.29) is 29.3 Å². The van der Waals surface area contributed by atoms with Crippen LogP contribution in [0.2, 0.25) is 0 Å². The molecule has 204 valence electrons. The normalized spacial score (nSPS) is 14.1. The molecule has 0 spiro atoms. The monoisotopic (exact) mass is 545 g/mol. The highest BCUT2D eigenvalue weighted by atomic mass is 32.2. The molecule has 3 aromatic rings. The first-order valence-electron chi connectivity index (χ1n) is 13.4. The summed E-state index contributed by atoms with van der Waals surface area (Å²) in [7, 11) is 0. The van der Waals surface area contributed by atoms with Gasteiger partial charge in [0.05, 0.1) is 10.7 Å². The molecule has 2 amide bonds. The quantitative estimate of drug-likeness (QED) is 0.228. The number of non-ortho nitro benzene ring substituents is 1. The molecular weight excluding hydrogens is 510 g/mol. The summed E-state index contributed by atoms with van der Waals surface area (Å²) in [6, 6.07) is 23.7. The number of benzene rings is 3. The van der Waals surface area contributed by atoms with Crippen molar-refractivity contribution in [3.63, 3.8) is 0 Å². The van der Waals surface area contributed by atoms with E-state index in [9.17, 15) is 19.7 Å². The summed E-state index contributed by atoms with van der Waals surface area (Å²) in [6.07, 6.45) is 4.60. The second-order valence-electron chi connectivity index (χ2n) is 10.1. The van der Waals surface area contributed by atoms with Gasteiger partial charge in [-0.3, -0.25) is 19.7 Å². The Bertz CT molecular complexity index is 1260. The summed E-state index contributed by atoms with van der Waals surface area (Å²) in [5.41, 5.74) is 4.04. The molecule has 0 heterocycles. The third-order valence-corrected chi connectivity index (χ3v) is 8.20. The molecule has 0 bridgehead atoms. The van der Waals surface area contributed by atoms with Crippen molar-refractivity contribution >= 4 is 29.3 Å². The molecule has 1 fully saturated rings. The molecule has 1 aliphatic rings. The molecule has 1 atom stereocenters. The number of nitro groups is 1. The Morgan fingerprint density at radius 1 is 0.974 bits per heavy atom. The van der Waals surface area contributed by atoms with Crippen molar-refractivity contribution in [3.05, 3.63) is 111 Å². The number of carbonyl (C=O) groups is 2. The molecule has 1 saturated carbocycles. The van der Waals surface area contributed by atoms with Crippen molar-refractivity contribution in [1.29, 1.82) is 0 Å². The van der Waals surface area contributed by atoms with Crippen molar-refractivity contribution in [2.24, 2.45) is 0 Å². The van der Waals surface area contributed by atoms with Crippen LogP contribution in [0.1, 0.15) is 47.9 Å². The Hall–Kier alpha value is -3.65. The summed E-state index contributed by atoms with van der Waals surface area (Å²) in [4.78, 5) is 39.8. The lowest BCUT2D eigenvalue weighted by molar-refractivity contribution is -0.384. The average Bonchev–Trinajstić information content (AvgIpc) is 3.45. The second-order valence-corrected chi connectivity index (χ2v) is 11.0. The Kier molecular flexibility index (Phi) is 10.1. The maximum Gasteiger partial charge on any atom is 0.269 e. The number of carbonyl (C=O) groups excluding carboxylic acids is 2. The third-order valence-electron chi connectivity index (χ3n) is 7.22. The van der Waals surface area contributed by atoms with Gasteiger partial charge in [0.15, 0.2) is 0 Å². The van der Waals surface area contributed by atoms with Crippen LogP contribution in [0.4, 0.5) is 5.69 Å². The topological polar surface area (TPSA) is 92.6 Å². The van der Waals surface area contributed by atoms with Crippen LogP contribution in [-0.2, 0) is 28.3 Å². The number of nitrogens with one attached hydrogen (secondary N) is 1. The van der Waals surface area contributed by atoms with Gasteiger partial charge >= 0.3 is 0 Å². The van der Waals surface area contributed by atoms with E-state index >= 15 is 0 Å².